The average Bonchev–Trinajstić information content (AvgIpc) is 2.62. The zero-order valence-electron chi connectivity index (χ0n) is 14.2. The van der Waals surface area contributed by atoms with Crippen LogP contribution in [0.4, 0.5) is 0 Å². The number of rotatable bonds is 3. The largest absolute Gasteiger partial charge is 0.486 e. The first kappa shape index (κ1) is 17.9. The second kappa shape index (κ2) is 7.54. The quantitative estimate of drug-likeness (QED) is 0.841. The molecule has 0 radical (unpaired) electrons. The Hall–Kier alpha value is -1.91. The number of likely N-dealkylation sites (tertiary alicyclic amines) is 1. The normalized spacial score (nSPS) is 19.0. The standard InChI is InChI=1S/C20H22N2O2.ClH/c23-18-15-20(24-19-7-2-1-6-17(18)19)9-13-22(14-10-20)12-8-16-5-3-4-11-21-16;/h1-7,11H,8-10,12-15H2;1H. The van der Waals surface area contributed by atoms with Crippen LogP contribution in [0.5, 0.6) is 5.75 Å². The monoisotopic (exact) mass is 358 g/mol. The van der Waals surface area contributed by atoms with E-state index in [-0.39, 0.29) is 23.8 Å². The van der Waals surface area contributed by atoms with Crippen molar-refractivity contribution >= 4 is 18.2 Å². The van der Waals surface area contributed by atoms with Gasteiger partial charge in [0.25, 0.3) is 0 Å². The third-order valence-corrected chi connectivity index (χ3v) is 5.17. The van der Waals surface area contributed by atoms with Gasteiger partial charge in [0.15, 0.2) is 5.78 Å². The van der Waals surface area contributed by atoms with Crippen LogP contribution in [0.25, 0.3) is 0 Å². The van der Waals surface area contributed by atoms with Crippen molar-refractivity contribution in [1.82, 2.24) is 9.88 Å². The number of para-hydroxylation sites is 1. The number of piperidine rings is 1. The van der Waals surface area contributed by atoms with Gasteiger partial charge in [-0.05, 0) is 24.3 Å². The minimum Gasteiger partial charge on any atom is -0.486 e. The van der Waals surface area contributed by atoms with E-state index in [4.69, 9.17) is 4.74 Å². The average molecular weight is 359 g/mol. The molecule has 2 aliphatic heterocycles. The summed E-state index contributed by atoms with van der Waals surface area (Å²) in [6.07, 6.45) is 5.15. The van der Waals surface area contributed by atoms with Gasteiger partial charge in [-0.25, -0.2) is 0 Å². The van der Waals surface area contributed by atoms with Crippen molar-refractivity contribution in [2.45, 2.75) is 31.3 Å². The van der Waals surface area contributed by atoms with E-state index in [1.807, 2.05) is 42.6 Å². The molecule has 0 atom stereocenters. The van der Waals surface area contributed by atoms with Gasteiger partial charge in [-0.2, -0.15) is 0 Å². The summed E-state index contributed by atoms with van der Waals surface area (Å²) in [5.74, 6) is 0.981. The van der Waals surface area contributed by atoms with Gasteiger partial charge in [0.2, 0.25) is 0 Å². The number of benzene rings is 1. The molecule has 2 aliphatic rings. The summed E-state index contributed by atoms with van der Waals surface area (Å²) < 4.78 is 6.28. The number of Topliss-reactive ketones (excluding diaryl/α,β-unsaturated/α-hetero) is 1. The van der Waals surface area contributed by atoms with Crippen LogP contribution in [-0.4, -0.2) is 40.9 Å². The van der Waals surface area contributed by atoms with Crippen LogP contribution in [0.3, 0.4) is 0 Å². The van der Waals surface area contributed by atoms with Crippen LogP contribution in [0.1, 0.15) is 35.3 Å². The highest BCUT2D eigenvalue weighted by Gasteiger charge is 2.42. The SMILES string of the molecule is Cl.O=C1CC2(CCN(CCc3ccccn3)CC2)Oc2ccccc21. The summed E-state index contributed by atoms with van der Waals surface area (Å²) in [6, 6.07) is 13.7. The second-order valence-corrected chi connectivity index (χ2v) is 6.79. The maximum absolute atomic E-state index is 12.4. The summed E-state index contributed by atoms with van der Waals surface area (Å²) >= 11 is 0. The molecule has 0 bridgehead atoms. The summed E-state index contributed by atoms with van der Waals surface area (Å²) in [5.41, 5.74) is 1.57. The van der Waals surface area contributed by atoms with E-state index in [9.17, 15) is 4.79 Å². The number of hydrogen-bond acceptors (Lipinski definition) is 4. The molecule has 1 aromatic heterocycles. The molecule has 0 N–H and O–H groups in total. The molecule has 2 aromatic rings. The first-order valence-electron chi connectivity index (χ1n) is 8.68. The van der Waals surface area contributed by atoms with Crippen LogP contribution in [0.15, 0.2) is 48.7 Å². The minimum atomic E-state index is -0.299. The van der Waals surface area contributed by atoms with Gasteiger partial charge in [0.05, 0.1) is 12.0 Å². The molecule has 5 heteroatoms. The van der Waals surface area contributed by atoms with Crippen molar-refractivity contribution in [3.05, 3.63) is 59.9 Å². The van der Waals surface area contributed by atoms with Crippen molar-refractivity contribution in [3.63, 3.8) is 0 Å². The number of nitrogens with zero attached hydrogens (tertiary/aromatic N) is 2. The van der Waals surface area contributed by atoms with Crippen molar-refractivity contribution in [3.8, 4) is 5.75 Å². The highest BCUT2D eigenvalue weighted by Crippen LogP contribution is 2.39. The number of ether oxygens (including phenoxy) is 1. The third kappa shape index (κ3) is 3.86. The minimum absolute atomic E-state index is 0. The lowest BCUT2D eigenvalue weighted by Gasteiger charge is -2.44. The van der Waals surface area contributed by atoms with Crippen molar-refractivity contribution < 1.29 is 9.53 Å². The predicted molar refractivity (Wildman–Crippen MR) is 99.6 cm³/mol. The molecule has 132 valence electrons. The fourth-order valence-electron chi connectivity index (χ4n) is 3.72. The molecule has 0 unspecified atom stereocenters. The predicted octanol–water partition coefficient (Wildman–Crippen LogP) is 3.55. The molecule has 0 saturated carbocycles. The first-order chi connectivity index (χ1) is 11.7. The Labute approximate surface area is 154 Å². The van der Waals surface area contributed by atoms with E-state index < -0.39 is 0 Å². The number of pyridine rings is 1. The van der Waals surface area contributed by atoms with Gasteiger partial charge >= 0.3 is 0 Å². The van der Waals surface area contributed by atoms with Gasteiger partial charge in [-0.3, -0.25) is 9.78 Å². The Morgan fingerprint density at radius 1 is 1.08 bits per heavy atom. The molecule has 4 nitrogen and oxygen atoms in total. The topological polar surface area (TPSA) is 42.4 Å². The molecular formula is C20H23ClN2O2. The van der Waals surface area contributed by atoms with Crippen LogP contribution >= 0.6 is 12.4 Å². The zero-order chi connectivity index (χ0) is 16.4. The Kier molecular flexibility index (Phi) is 5.40. The maximum Gasteiger partial charge on any atom is 0.170 e. The van der Waals surface area contributed by atoms with Crippen molar-refractivity contribution in [2.75, 3.05) is 19.6 Å². The summed E-state index contributed by atoms with van der Waals surface area (Å²) in [6.45, 7) is 2.96. The van der Waals surface area contributed by atoms with Gasteiger partial charge in [0.1, 0.15) is 11.4 Å². The van der Waals surface area contributed by atoms with Crippen LogP contribution in [-0.2, 0) is 6.42 Å². The Morgan fingerprint density at radius 2 is 1.84 bits per heavy atom. The molecule has 1 saturated heterocycles. The first-order valence-corrected chi connectivity index (χ1v) is 8.68. The molecule has 1 aromatic carbocycles. The van der Waals surface area contributed by atoms with E-state index >= 15 is 0 Å². The summed E-state index contributed by atoms with van der Waals surface area (Å²) in [4.78, 5) is 19.3. The number of fused-ring (bicyclic) bond motifs is 1. The fraction of sp³-hybridized carbons (Fsp3) is 0.400. The Bertz CT molecular complexity index is 727. The number of aromatic nitrogens is 1. The highest BCUT2D eigenvalue weighted by atomic mass is 35.5. The lowest BCUT2D eigenvalue weighted by molar-refractivity contribution is -0.00869. The molecule has 1 spiro atoms. The van der Waals surface area contributed by atoms with Gasteiger partial charge in [0, 0.05) is 50.8 Å². The smallest absolute Gasteiger partial charge is 0.170 e. The highest BCUT2D eigenvalue weighted by molar-refractivity contribution is 6.00. The molecular weight excluding hydrogens is 336 g/mol. The third-order valence-electron chi connectivity index (χ3n) is 5.17. The van der Waals surface area contributed by atoms with Gasteiger partial charge in [-0.1, -0.05) is 18.2 Å². The van der Waals surface area contributed by atoms with Crippen LogP contribution in [0.2, 0.25) is 0 Å². The summed E-state index contributed by atoms with van der Waals surface area (Å²) in [7, 11) is 0. The van der Waals surface area contributed by atoms with Crippen molar-refractivity contribution in [2.24, 2.45) is 0 Å². The lowest BCUT2D eigenvalue weighted by Crippen LogP contribution is -2.51. The van der Waals surface area contributed by atoms with E-state index in [1.165, 1.54) is 0 Å². The maximum atomic E-state index is 12.4. The van der Waals surface area contributed by atoms with Crippen molar-refractivity contribution in [1.29, 1.82) is 0 Å². The van der Waals surface area contributed by atoms with E-state index in [1.54, 1.807) is 0 Å². The Balaban J connectivity index is 0.00000182. The number of ketones is 1. The molecule has 0 aliphatic carbocycles. The number of halogens is 1. The fourth-order valence-corrected chi connectivity index (χ4v) is 3.72. The van der Waals surface area contributed by atoms with E-state index in [0.29, 0.717) is 6.42 Å². The van der Waals surface area contributed by atoms with E-state index in [0.717, 1.165) is 55.9 Å². The van der Waals surface area contributed by atoms with Crippen LogP contribution < -0.4 is 4.74 Å². The molecule has 0 amide bonds. The molecule has 25 heavy (non-hydrogen) atoms. The zero-order valence-corrected chi connectivity index (χ0v) is 15.0. The number of carbonyl (C=O) groups is 1. The molecule has 3 heterocycles. The van der Waals surface area contributed by atoms with Gasteiger partial charge < -0.3 is 9.64 Å². The van der Waals surface area contributed by atoms with E-state index in [2.05, 4.69) is 16.0 Å². The number of hydrogen-bond donors (Lipinski definition) is 0. The lowest BCUT2D eigenvalue weighted by atomic mass is 9.82. The molecule has 1 fully saturated rings. The number of carbonyl (C=O) groups excluding carboxylic acids is 1. The molecule has 4 rings (SSSR count). The summed E-state index contributed by atoms with van der Waals surface area (Å²) in [5, 5.41) is 0. The van der Waals surface area contributed by atoms with Crippen LogP contribution in [0, 0.1) is 0 Å². The Morgan fingerprint density at radius 3 is 2.60 bits per heavy atom. The van der Waals surface area contributed by atoms with Gasteiger partial charge in [-0.15, -0.1) is 12.4 Å². The second-order valence-electron chi connectivity index (χ2n) is 6.79.